The maximum atomic E-state index is 9.40. The van der Waals surface area contributed by atoms with Gasteiger partial charge in [-0.1, -0.05) is 6.92 Å². The molecular weight excluding hydrogens is 164 g/mol. The Bertz CT molecular complexity index is 144. The van der Waals surface area contributed by atoms with Crippen molar-refractivity contribution in [1.29, 1.82) is 0 Å². The van der Waals surface area contributed by atoms with Gasteiger partial charge in [-0.05, 0) is 39.3 Å². The Morgan fingerprint density at radius 1 is 1.46 bits per heavy atom. The molecule has 0 aliphatic carbocycles. The summed E-state index contributed by atoms with van der Waals surface area (Å²) >= 11 is 0. The van der Waals surface area contributed by atoms with Gasteiger partial charge in [-0.15, -0.1) is 0 Å². The predicted octanol–water partition coefficient (Wildman–Crippen LogP) is 0.489. The van der Waals surface area contributed by atoms with Crippen molar-refractivity contribution in [3.8, 4) is 0 Å². The van der Waals surface area contributed by atoms with Crippen molar-refractivity contribution in [2.24, 2.45) is 0 Å². The van der Waals surface area contributed by atoms with Crippen LogP contribution in [0.2, 0.25) is 0 Å². The third kappa shape index (κ3) is 2.93. The first kappa shape index (κ1) is 11.0. The molecule has 0 aromatic rings. The van der Waals surface area contributed by atoms with Crippen LogP contribution < -0.4 is 10.6 Å². The van der Waals surface area contributed by atoms with E-state index in [1.807, 2.05) is 0 Å². The van der Waals surface area contributed by atoms with E-state index in [2.05, 4.69) is 24.5 Å². The van der Waals surface area contributed by atoms with Crippen LogP contribution in [0.25, 0.3) is 0 Å². The highest BCUT2D eigenvalue weighted by Crippen LogP contribution is 2.18. The van der Waals surface area contributed by atoms with Gasteiger partial charge in [0.1, 0.15) is 0 Å². The lowest BCUT2D eigenvalue weighted by Crippen LogP contribution is -2.57. The van der Waals surface area contributed by atoms with Crippen LogP contribution in [0.5, 0.6) is 0 Å². The van der Waals surface area contributed by atoms with Gasteiger partial charge in [0, 0.05) is 11.6 Å². The van der Waals surface area contributed by atoms with Gasteiger partial charge >= 0.3 is 0 Å². The monoisotopic (exact) mass is 186 g/mol. The molecular formula is C10H22N2O. The Hall–Kier alpha value is -0.120. The van der Waals surface area contributed by atoms with Gasteiger partial charge in [-0.2, -0.15) is 0 Å². The van der Waals surface area contributed by atoms with E-state index >= 15 is 0 Å². The molecule has 0 radical (unpaired) electrons. The van der Waals surface area contributed by atoms with Gasteiger partial charge in [0.15, 0.2) is 0 Å². The van der Waals surface area contributed by atoms with Crippen LogP contribution in [0, 0.1) is 0 Å². The fraction of sp³-hybridized carbons (Fsp3) is 1.00. The average molecular weight is 186 g/mol. The van der Waals surface area contributed by atoms with Crippen molar-refractivity contribution in [2.75, 3.05) is 19.7 Å². The molecule has 1 heterocycles. The molecule has 1 saturated heterocycles. The second kappa shape index (κ2) is 4.94. The van der Waals surface area contributed by atoms with Crippen molar-refractivity contribution in [2.45, 2.75) is 44.7 Å². The van der Waals surface area contributed by atoms with Crippen LogP contribution in [-0.4, -0.2) is 36.4 Å². The Morgan fingerprint density at radius 2 is 2.08 bits per heavy atom. The van der Waals surface area contributed by atoms with Crippen LogP contribution >= 0.6 is 0 Å². The van der Waals surface area contributed by atoms with Crippen molar-refractivity contribution >= 4 is 0 Å². The molecule has 78 valence electrons. The summed E-state index contributed by atoms with van der Waals surface area (Å²) in [4.78, 5) is 0. The highest BCUT2D eigenvalue weighted by Gasteiger charge is 2.31. The summed E-state index contributed by atoms with van der Waals surface area (Å²) in [6.07, 6.45) is 3.19. The number of aliphatic hydroxyl groups is 1. The van der Waals surface area contributed by atoms with Crippen LogP contribution in [0.4, 0.5) is 0 Å². The number of piperidine rings is 1. The SMILES string of the molecule is CCC(C)NC1(CO)CCNCC1. The molecule has 13 heavy (non-hydrogen) atoms. The third-order valence-corrected chi connectivity index (χ3v) is 3.03. The van der Waals surface area contributed by atoms with Gasteiger partial charge in [0.2, 0.25) is 0 Å². The van der Waals surface area contributed by atoms with Gasteiger partial charge in [0.05, 0.1) is 6.61 Å². The number of aliphatic hydroxyl groups excluding tert-OH is 1. The molecule has 0 bridgehead atoms. The first-order chi connectivity index (χ1) is 6.22. The maximum Gasteiger partial charge on any atom is 0.0614 e. The zero-order valence-electron chi connectivity index (χ0n) is 8.77. The van der Waals surface area contributed by atoms with Crippen LogP contribution in [0.15, 0.2) is 0 Å². The molecule has 0 spiro atoms. The van der Waals surface area contributed by atoms with E-state index in [4.69, 9.17) is 0 Å². The lowest BCUT2D eigenvalue weighted by molar-refractivity contribution is 0.116. The van der Waals surface area contributed by atoms with E-state index in [1.165, 1.54) is 0 Å². The summed E-state index contributed by atoms with van der Waals surface area (Å²) in [5, 5.41) is 16.3. The molecule has 1 fully saturated rings. The molecule has 1 aliphatic heterocycles. The standard InChI is InChI=1S/C10H22N2O/c1-3-9(2)12-10(8-13)4-6-11-7-5-10/h9,11-13H,3-8H2,1-2H3. The van der Waals surface area contributed by atoms with Crippen molar-refractivity contribution in [3.63, 3.8) is 0 Å². The Labute approximate surface area is 80.9 Å². The summed E-state index contributed by atoms with van der Waals surface area (Å²) < 4.78 is 0. The average Bonchev–Trinajstić information content (AvgIpc) is 2.19. The fourth-order valence-corrected chi connectivity index (χ4v) is 1.88. The molecule has 3 nitrogen and oxygen atoms in total. The molecule has 0 aromatic heterocycles. The number of nitrogens with one attached hydrogen (secondary N) is 2. The number of rotatable bonds is 4. The molecule has 1 unspecified atom stereocenters. The lowest BCUT2D eigenvalue weighted by atomic mass is 9.88. The highest BCUT2D eigenvalue weighted by molar-refractivity contribution is 4.93. The molecule has 0 saturated carbocycles. The number of hydrogen-bond acceptors (Lipinski definition) is 3. The van der Waals surface area contributed by atoms with Gasteiger partial charge in [0.25, 0.3) is 0 Å². The topological polar surface area (TPSA) is 44.3 Å². The Morgan fingerprint density at radius 3 is 2.54 bits per heavy atom. The van der Waals surface area contributed by atoms with Crippen molar-refractivity contribution < 1.29 is 5.11 Å². The van der Waals surface area contributed by atoms with Crippen molar-refractivity contribution in [3.05, 3.63) is 0 Å². The van der Waals surface area contributed by atoms with E-state index < -0.39 is 0 Å². The molecule has 1 atom stereocenters. The highest BCUT2D eigenvalue weighted by atomic mass is 16.3. The quantitative estimate of drug-likeness (QED) is 0.598. The lowest BCUT2D eigenvalue weighted by Gasteiger charge is -2.39. The van der Waals surface area contributed by atoms with E-state index in [1.54, 1.807) is 0 Å². The van der Waals surface area contributed by atoms with Crippen molar-refractivity contribution in [1.82, 2.24) is 10.6 Å². The Balaban J connectivity index is 2.47. The second-order valence-electron chi connectivity index (χ2n) is 4.14. The summed E-state index contributed by atoms with van der Waals surface area (Å²) in [5.74, 6) is 0. The predicted molar refractivity (Wildman–Crippen MR) is 54.8 cm³/mol. The van der Waals surface area contributed by atoms with E-state index in [0.717, 1.165) is 32.4 Å². The van der Waals surface area contributed by atoms with Crippen LogP contribution in [0.1, 0.15) is 33.1 Å². The molecule has 3 heteroatoms. The second-order valence-corrected chi connectivity index (χ2v) is 4.14. The summed E-state index contributed by atoms with van der Waals surface area (Å²) in [5.41, 5.74) is -0.0132. The normalized spacial score (nSPS) is 24.2. The van der Waals surface area contributed by atoms with Gasteiger partial charge in [-0.3, -0.25) is 0 Å². The van der Waals surface area contributed by atoms with E-state index in [-0.39, 0.29) is 12.1 Å². The van der Waals surface area contributed by atoms with Gasteiger partial charge in [-0.25, -0.2) is 0 Å². The zero-order valence-corrected chi connectivity index (χ0v) is 8.77. The smallest absolute Gasteiger partial charge is 0.0614 e. The molecule has 1 aliphatic rings. The summed E-state index contributed by atoms with van der Waals surface area (Å²) in [6.45, 7) is 6.65. The molecule has 0 aromatic carbocycles. The van der Waals surface area contributed by atoms with Gasteiger partial charge < -0.3 is 15.7 Å². The minimum atomic E-state index is -0.0132. The Kier molecular flexibility index (Phi) is 4.16. The summed E-state index contributed by atoms with van der Waals surface area (Å²) in [6, 6.07) is 0.505. The fourth-order valence-electron chi connectivity index (χ4n) is 1.88. The minimum Gasteiger partial charge on any atom is -0.394 e. The number of hydrogen-bond donors (Lipinski definition) is 3. The first-order valence-corrected chi connectivity index (χ1v) is 5.32. The van der Waals surface area contributed by atoms with E-state index in [0.29, 0.717) is 6.04 Å². The molecule has 3 N–H and O–H groups in total. The minimum absolute atomic E-state index is 0.0132. The van der Waals surface area contributed by atoms with Crippen LogP contribution in [0.3, 0.4) is 0 Å². The maximum absolute atomic E-state index is 9.40. The first-order valence-electron chi connectivity index (χ1n) is 5.32. The zero-order chi connectivity index (χ0) is 9.73. The van der Waals surface area contributed by atoms with Crippen LogP contribution in [-0.2, 0) is 0 Å². The third-order valence-electron chi connectivity index (χ3n) is 3.03. The van der Waals surface area contributed by atoms with E-state index in [9.17, 15) is 5.11 Å². The molecule has 0 amide bonds. The molecule has 1 rings (SSSR count). The largest absolute Gasteiger partial charge is 0.394 e. The summed E-state index contributed by atoms with van der Waals surface area (Å²) in [7, 11) is 0.